The van der Waals surface area contributed by atoms with E-state index in [1.54, 1.807) is 0 Å². The summed E-state index contributed by atoms with van der Waals surface area (Å²) in [6, 6.07) is 1.45. The second-order valence-corrected chi connectivity index (χ2v) is 7.95. The SMILES string of the molecule is C[N+](C)(C)CCCCCCCCCCNCCC[SiH3]. The molecule has 0 spiro atoms. The Morgan fingerprint density at radius 3 is 1.68 bits per heavy atom. The third-order valence-corrected chi connectivity index (χ3v) is 4.35. The van der Waals surface area contributed by atoms with E-state index in [1.165, 1.54) is 93.7 Å². The third kappa shape index (κ3) is 18.1. The van der Waals surface area contributed by atoms with E-state index in [0.717, 1.165) is 4.48 Å². The summed E-state index contributed by atoms with van der Waals surface area (Å²) >= 11 is 0. The van der Waals surface area contributed by atoms with Gasteiger partial charge < -0.3 is 9.80 Å². The summed E-state index contributed by atoms with van der Waals surface area (Å²) in [7, 11) is 8.23. The normalized spacial score (nSPS) is 12.2. The molecule has 0 saturated carbocycles. The minimum Gasteiger partial charge on any atom is -0.331 e. The van der Waals surface area contributed by atoms with Gasteiger partial charge in [0.25, 0.3) is 0 Å². The highest BCUT2D eigenvalue weighted by molar-refractivity contribution is 6.08. The lowest BCUT2D eigenvalue weighted by atomic mass is 10.1. The second kappa shape index (κ2) is 13.1. The van der Waals surface area contributed by atoms with Crippen LogP contribution in [0.25, 0.3) is 0 Å². The van der Waals surface area contributed by atoms with Crippen LogP contribution in [0.5, 0.6) is 0 Å². The summed E-state index contributed by atoms with van der Waals surface area (Å²) in [6.45, 7) is 3.81. The lowest BCUT2D eigenvalue weighted by Gasteiger charge is -2.23. The molecular weight excluding hydrogens is 248 g/mol. The number of quaternary nitrogens is 1. The minimum atomic E-state index is 1.12. The largest absolute Gasteiger partial charge is 0.331 e. The van der Waals surface area contributed by atoms with Crippen LogP contribution in [0.2, 0.25) is 6.04 Å². The van der Waals surface area contributed by atoms with Gasteiger partial charge in [-0.1, -0.05) is 38.1 Å². The third-order valence-electron chi connectivity index (χ3n) is 3.64. The molecule has 0 aromatic carbocycles. The van der Waals surface area contributed by atoms with E-state index < -0.39 is 0 Å². The molecule has 0 aromatic rings. The zero-order valence-corrected chi connectivity index (χ0v) is 16.1. The molecule has 0 atom stereocenters. The van der Waals surface area contributed by atoms with Crippen molar-refractivity contribution in [2.24, 2.45) is 0 Å². The number of nitrogens with zero attached hydrogens (tertiary/aromatic N) is 1. The zero-order chi connectivity index (χ0) is 14.4. The molecule has 19 heavy (non-hydrogen) atoms. The van der Waals surface area contributed by atoms with Crippen LogP contribution < -0.4 is 5.32 Å². The summed E-state index contributed by atoms with van der Waals surface area (Å²) in [5, 5.41) is 3.54. The molecule has 0 fully saturated rings. The standard InChI is InChI=1S/C16H39N2Si/c1-18(2,3)15-11-9-7-5-4-6-8-10-13-17-14-12-16-19/h17H,4-16H2,1-3,19H3/q+1. The maximum Gasteiger partial charge on any atom is 0.0780 e. The van der Waals surface area contributed by atoms with Crippen LogP contribution in [0, 0.1) is 0 Å². The summed E-state index contributed by atoms with van der Waals surface area (Å²) < 4.78 is 1.12. The molecule has 1 N–H and O–H groups in total. The van der Waals surface area contributed by atoms with Crippen LogP contribution in [0.1, 0.15) is 57.8 Å². The Bertz CT molecular complexity index is 178. The molecule has 0 heterocycles. The molecule has 0 unspecified atom stereocenters. The Labute approximate surface area is 125 Å². The fourth-order valence-electron chi connectivity index (χ4n) is 2.32. The van der Waals surface area contributed by atoms with E-state index in [-0.39, 0.29) is 0 Å². The van der Waals surface area contributed by atoms with Crippen molar-refractivity contribution in [2.75, 3.05) is 40.8 Å². The Hall–Kier alpha value is 0.137. The summed E-state index contributed by atoms with van der Waals surface area (Å²) in [5.74, 6) is 0. The monoisotopic (exact) mass is 287 g/mol. The Morgan fingerprint density at radius 2 is 1.16 bits per heavy atom. The van der Waals surface area contributed by atoms with Gasteiger partial charge in [-0.25, -0.2) is 0 Å². The molecule has 3 heteroatoms. The fourth-order valence-corrected chi connectivity index (χ4v) is 2.68. The molecule has 0 aliphatic heterocycles. The molecular formula is C16H39N2Si+. The number of rotatable bonds is 14. The number of unbranched alkanes of at least 4 members (excludes halogenated alkanes) is 7. The lowest BCUT2D eigenvalue weighted by molar-refractivity contribution is -0.870. The van der Waals surface area contributed by atoms with Gasteiger partial charge in [0.05, 0.1) is 27.7 Å². The molecule has 0 aliphatic rings. The summed E-state index contributed by atoms with van der Waals surface area (Å²) in [6.07, 6.45) is 12.8. The van der Waals surface area contributed by atoms with Gasteiger partial charge in [0.15, 0.2) is 0 Å². The van der Waals surface area contributed by atoms with Crippen molar-refractivity contribution < 1.29 is 4.48 Å². The van der Waals surface area contributed by atoms with E-state index in [2.05, 4.69) is 26.5 Å². The van der Waals surface area contributed by atoms with Crippen LogP contribution in [0.4, 0.5) is 0 Å². The van der Waals surface area contributed by atoms with Crippen LogP contribution in [0.3, 0.4) is 0 Å². The highest BCUT2D eigenvalue weighted by Crippen LogP contribution is 2.09. The lowest BCUT2D eigenvalue weighted by Crippen LogP contribution is -2.35. The van der Waals surface area contributed by atoms with Gasteiger partial charge in [0.2, 0.25) is 0 Å². The predicted octanol–water partition coefficient (Wildman–Crippen LogP) is 2.58. The van der Waals surface area contributed by atoms with E-state index in [1.807, 2.05) is 0 Å². The van der Waals surface area contributed by atoms with Crippen molar-refractivity contribution in [3.63, 3.8) is 0 Å². The molecule has 0 radical (unpaired) electrons. The van der Waals surface area contributed by atoms with Crippen molar-refractivity contribution in [1.29, 1.82) is 0 Å². The smallest absolute Gasteiger partial charge is 0.0780 e. The van der Waals surface area contributed by atoms with Crippen molar-refractivity contribution in [3.8, 4) is 0 Å². The predicted molar refractivity (Wildman–Crippen MR) is 92.1 cm³/mol. The van der Waals surface area contributed by atoms with Gasteiger partial charge in [0, 0.05) is 10.2 Å². The minimum absolute atomic E-state index is 1.12. The van der Waals surface area contributed by atoms with E-state index in [4.69, 9.17) is 0 Å². The molecule has 0 saturated heterocycles. The first-order chi connectivity index (χ1) is 9.06. The summed E-state index contributed by atoms with van der Waals surface area (Å²) in [5.41, 5.74) is 0. The molecule has 2 nitrogen and oxygen atoms in total. The van der Waals surface area contributed by atoms with Crippen molar-refractivity contribution >= 4 is 10.2 Å². The number of hydrogen-bond acceptors (Lipinski definition) is 1. The molecule has 0 aliphatic carbocycles. The maximum atomic E-state index is 3.54. The average Bonchev–Trinajstić information content (AvgIpc) is 2.34. The first-order valence-electron chi connectivity index (χ1n) is 8.57. The van der Waals surface area contributed by atoms with Gasteiger partial charge in [-0.2, -0.15) is 0 Å². The Kier molecular flexibility index (Phi) is 13.2. The Morgan fingerprint density at radius 1 is 0.684 bits per heavy atom. The molecule has 0 amide bonds. The zero-order valence-electron chi connectivity index (χ0n) is 14.1. The first kappa shape index (κ1) is 19.1. The van der Waals surface area contributed by atoms with Crippen molar-refractivity contribution in [1.82, 2.24) is 5.32 Å². The molecule has 0 bridgehead atoms. The molecule has 0 rings (SSSR count). The Balaban J connectivity index is 2.99. The molecule has 0 aromatic heterocycles. The van der Waals surface area contributed by atoms with Gasteiger partial charge >= 0.3 is 0 Å². The van der Waals surface area contributed by atoms with Crippen LogP contribution in [0.15, 0.2) is 0 Å². The van der Waals surface area contributed by atoms with Gasteiger partial charge in [-0.3, -0.25) is 0 Å². The van der Waals surface area contributed by atoms with Crippen LogP contribution in [-0.4, -0.2) is 55.5 Å². The van der Waals surface area contributed by atoms with Crippen molar-refractivity contribution in [3.05, 3.63) is 0 Å². The van der Waals surface area contributed by atoms with E-state index >= 15 is 0 Å². The molecule has 116 valence electrons. The average molecular weight is 288 g/mol. The number of nitrogens with one attached hydrogen (secondary N) is 1. The summed E-state index contributed by atoms with van der Waals surface area (Å²) in [4.78, 5) is 0. The quantitative estimate of drug-likeness (QED) is 0.294. The highest BCUT2D eigenvalue weighted by atomic mass is 28.1. The van der Waals surface area contributed by atoms with Gasteiger partial charge in [-0.15, -0.1) is 0 Å². The van der Waals surface area contributed by atoms with Gasteiger partial charge in [-0.05, 0) is 38.8 Å². The van der Waals surface area contributed by atoms with Crippen LogP contribution in [-0.2, 0) is 0 Å². The van der Waals surface area contributed by atoms with E-state index in [9.17, 15) is 0 Å². The van der Waals surface area contributed by atoms with Crippen LogP contribution >= 0.6 is 0 Å². The first-order valence-corrected chi connectivity index (χ1v) is 9.99. The van der Waals surface area contributed by atoms with Gasteiger partial charge in [0.1, 0.15) is 0 Å². The second-order valence-electron chi connectivity index (χ2n) is 6.95. The van der Waals surface area contributed by atoms with E-state index in [0.29, 0.717) is 0 Å². The van der Waals surface area contributed by atoms with Crippen molar-refractivity contribution in [2.45, 2.75) is 63.8 Å². The maximum absolute atomic E-state index is 3.54. The topological polar surface area (TPSA) is 12.0 Å². The highest BCUT2D eigenvalue weighted by Gasteiger charge is 2.04. The number of hydrogen-bond donors (Lipinski definition) is 1. The fraction of sp³-hybridized carbons (Fsp3) is 1.00.